The number of carbonyl (C=O) groups is 1. The van der Waals surface area contributed by atoms with Gasteiger partial charge in [-0.25, -0.2) is 9.78 Å². The second-order valence-electron chi connectivity index (χ2n) is 9.97. The van der Waals surface area contributed by atoms with Crippen LogP contribution in [0.2, 0.25) is 0 Å². The smallest absolute Gasteiger partial charge is 0.410 e. The number of rotatable bonds is 6. The molecule has 9 heteroatoms. The van der Waals surface area contributed by atoms with Crippen molar-refractivity contribution in [2.45, 2.75) is 52.2 Å². The third-order valence-corrected chi connectivity index (χ3v) is 5.88. The van der Waals surface area contributed by atoms with Crippen LogP contribution in [0.5, 0.6) is 0 Å². The summed E-state index contributed by atoms with van der Waals surface area (Å²) in [5.41, 5.74) is 1.79. The van der Waals surface area contributed by atoms with Crippen molar-refractivity contribution in [1.29, 1.82) is 0 Å². The van der Waals surface area contributed by atoms with Gasteiger partial charge in [0.1, 0.15) is 17.2 Å². The van der Waals surface area contributed by atoms with Crippen molar-refractivity contribution in [3.05, 3.63) is 35.7 Å². The molecular weight excluding hydrogens is 420 g/mol. The van der Waals surface area contributed by atoms with Gasteiger partial charge < -0.3 is 19.7 Å². The molecule has 2 aliphatic heterocycles. The number of amides is 1. The molecule has 2 fully saturated rings. The predicted molar refractivity (Wildman–Crippen MR) is 126 cm³/mol. The van der Waals surface area contributed by atoms with Gasteiger partial charge in [-0.05, 0) is 63.6 Å². The fraction of sp³-hybridized carbons (Fsp3) is 0.625. The van der Waals surface area contributed by atoms with Gasteiger partial charge in [-0.1, -0.05) is 0 Å². The van der Waals surface area contributed by atoms with E-state index in [1.165, 1.54) is 5.56 Å². The first kappa shape index (κ1) is 23.5. The number of aromatic nitrogens is 3. The Kier molecular flexibility index (Phi) is 7.49. The summed E-state index contributed by atoms with van der Waals surface area (Å²) in [6.45, 7) is 11.5. The molecule has 2 aromatic rings. The third-order valence-electron chi connectivity index (χ3n) is 5.88. The number of pyridine rings is 1. The number of nitrogens with one attached hydrogen (secondary N) is 2. The fourth-order valence-electron chi connectivity index (χ4n) is 4.41. The first-order valence-electron chi connectivity index (χ1n) is 11.9. The largest absolute Gasteiger partial charge is 0.444 e. The Morgan fingerprint density at radius 2 is 2.09 bits per heavy atom. The average Bonchev–Trinajstić information content (AvgIpc) is 3.26. The van der Waals surface area contributed by atoms with Gasteiger partial charge in [0.15, 0.2) is 0 Å². The minimum Gasteiger partial charge on any atom is -0.444 e. The number of nitrogens with zero attached hydrogens (tertiary/aromatic N) is 4. The molecule has 4 rings (SSSR count). The molecule has 2 aliphatic rings. The summed E-state index contributed by atoms with van der Waals surface area (Å²) in [5.74, 6) is 1.97. The van der Waals surface area contributed by atoms with Crippen LogP contribution in [0, 0.1) is 5.92 Å². The van der Waals surface area contributed by atoms with E-state index in [0.29, 0.717) is 12.5 Å². The molecule has 2 aromatic heterocycles. The highest BCUT2D eigenvalue weighted by molar-refractivity contribution is 5.68. The predicted octanol–water partition coefficient (Wildman–Crippen LogP) is 3.57. The molecule has 0 spiro atoms. The monoisotopic (exact) mass is 456 g/mol. The molecule has 1 atom stereocenters. The summed E-state index contributed by atoms with van der Waals surface area (Å²) in [4.78, 5) is 21.7. The van der Waals surface area contributed by atoms with Crippen molar-refractivity contribution >= 4 is 17.7 Å². The van der Waals surface area contributed by atoms with Crippen LogP contribution < -0.4 is 5.32 Å². The van der Waals surface area contributed by atoms with E-state index in [1.807, 2.05) is 31.7 Å². The Morgan fingerprint density at radius 1 is 1.27 bits per heavy atom. The highest BCUT2D eigenvalue weighted by Crippen LogP contribution is 2.24. The van der Waals surface area contributed by atoms with Crippen LogP contribution in [0.3, 0.4) is 0 Å². The number of likely N-dealkylation sites (tertiary alicyclic amines) is 1. The Bertz CT molecular complexity index is 905. The van der Waals surface area contributed by atoms with Gasteiger partial charge in [0.25, 0.3) is 0 Å². The van der Waals surface area contributed by atoms with Gasteiger partial charge in [-0.2, -0.15) is 5.10 Å². The zero-order chi connectivity index (χ0) is 23.3. The van der Waals surface area contributed by atoms with Gasteiger partial charge >= 0.3 is 6.09 Å². The lowest BCUT2D eigenvalue weighted by molar-refractivity contribution is 0.0165. The van der Waals surface area contributed by atoms with Crippen molar-refractivity contribution in [1.82, 2.24) is 25.0 Å². The summed E-state index contributed by atoms with van der Waals surface area (Å²) in [7, 11) is 0. The van der Waals surface area contributed by atoms with Gasteiger partial charge in [0, 0.05) is 44.5 Å². The van der Waals surface area contributed by atoms with Crippen LogP contribution in [0.4, 0.5) is 16.4 Å². The molecule has 2 saturated heterocycles. The van der Waals surface area contributed by atoms with Gasteiger partial charge in [-0.3, -0.25) is 10.00 Å². The molecule has 180 valence electrons. The van der Waals surface area contributed by atoms with Gasteiger partial charge in [0.05, 0.1) is 19.4 Å². The summed E-state index contributed by atoms with van der Waals surface area (Å²) < 4.78 is 11.1. The Morgan fingerprint density at radius 3 is 2.82 bits per heavy atom. The first-order valence-corrected chi connectivity index (χ1v) is 11.9. The number of carbonyl (C=O) groups excluding carboxylic acids is 1. The second kappa shape index (κ2) is 10.5. The number of hydrogen-bond donors (Lipinski definition) is 2. The van der Waals surface area contributed by atoms with E-state index in [1.54, 1.807) is 6.20 Å². The zero-order valence-electron chi connectivity index (χ0n) is 20.0. The summed E-state index contributed by atoms with van der Waals surface area (Å²) in [6.07, 6.45) is 4.39. The van der Waals surface area contributed by atoms with E-state index in [4.69, 9.17) is 14.5 Å². The molecule has 33 heavy (non-hydrogen) atoms. The molecule has 1 amide bonds. The van der Waals surface area contributed by atoms with Crippen molar-refractivity contribution in [2.24, 2.45) is 5.92 Å². The number of anilines is 2. The van der Waals surface area contributed by atoms with E-state index in [-0.39, 0.29) is 6.09 Å². The maximum atomic E-state index is 12.6. The van der Waals surface area contributed by atoms with Crippen LogP contribution >= 0.6 is 0 Å². The summed E-state index contributed by atoms with van der Waals surface area (Å²) >= 11 is 0. The molecule has 0 aliphatic carbocycles. The highest BCUT2D eigenvalue weighted by Gasteiger charge is 2.28. The van der Waals surface area contributed by atoms with Crippen molar-refractivity contribution in [3.8, 4) is 0 Å². The lowest BCUT2D eigenvalue weighted by Crippen LogP contribution is -2.43. The number of H-pyrrole nitrogens is 1. The maximum absolute atomic E-state index is 12.6. The number of morpholine rings is 1. The van der Waals surface area contributed by atoms with Crippen molar-refractivity contribution in [3.63, 3.8) is 0 Å². The molecule has 0 unspecified atom stereocenters. The second-order valence-corrected chi connectivity index (χ2v) is 9.97. The molecular formula is C24H36N6O3. The molecule has 0 saturated carbocycles. The number of piperidine rings is 1. The first-order chi connectivity index (χ1) is 15.8. The fourth-order valence-corrected chi connectivity index (χ4v) is 4.41. The number of hydrogen-bond acceptors (Lipinski definition) is 7. The minimum atomic E-state index is -0.480. The Labute approximate surface area is 195 Å². The van der Waals surface area contributed by atoms with Crippen molar-refractivity contribution in [2.75, 3.05) is 44.7 Å². The zero-order valence-corrected chi connectivity index (χ0v) is 20.0. The SMILES string of the molecule is CC(C)(C)OC(=O)N1CCC[C@H](Cc2cc(CN3CCOCC3)cc(Nc3ccn[nH]3)n2)C1. The van der Waals surface area contributed by atoms with Crippen LogP contribution in [0.1, 0.15) is 44.9 Å². The minimum absolute atomic E-state index is 0.220. The standard InChI is InChI=1S/C24H36N6O3/c1-24(2,3)33-23(31)30-8-4-5-18(17-30)13-20-14-19(16-29-9-11-32-12-10-29)15-22(26-20)27-21-6-7-25-28-21/h6-7,14-15,18H,4-5,8-13,16-17H2,1-3H3,(H2,25,26,27,28)/t18-/m1/s1. The number of aromatic amines is 1. The van der Waals surface area contributed by atoms with Crippen LogP contribution in [-0.2, 0) is 22.4 Å². The van der Waals surface area contributed by atoms with E-state index in [2.05, 4.69) is 32.5 Å². The van der Waals surface area contributed by atoms with Gasteiger partial charge in [0.2, 0.25) is 0 Å². The normalized spacial score (nSPS) is 20.0. The van der Waals surface area contributed by atoms with Crippen LogP contribution in [0.25, 0.3) is 0 Å². The number of ether oxygens (including phenoxy) is 2. The Balaban J connectivity index is 1.46. The van der Waals surface area contributed by atoms with Crippen molar-refractivity contribution < 1.29 is 14.3 Å². The lowest BCUT2D eigenvalue weighted by Gasteiger charge is -2.34. The summed E-state index contributed by atoms with van der Waals surface area (Å²) in [6, 6.07) is 6.20. The van der Waals surface area contributed by atoms with Crippen LogP contribution in [0.15, 0.2) is 24.4 Å². The molecule has 4 heterocycles. The van der Waals surface area contributed by atoms with E-state index in [0.717, 1.165) is 76.0 Å². The van der Waals surface area contributed by atoms with Gasteiger partial charge in [-0.15, -0.1) is 0 Å². The van der Waals surface area contributed by atoms with E-state index < -0.39 is 5.60 Å². The van der Waals surface area contributed by atoms with E-state index >= 15 is 0 Å². The molecule has 0 radical (unpaired) electrons. The third kappa shape index (κ3) is 7.17. The average molecular weight is 457 g/mol. The quantitative estimate of drug-likeness (QED) is 0.686. The Hall–Kier alpha value is -2.65. The maximum Gasteiger partial charge on any atom is 0.410 e. The lowest BCUT2D eigenvalue weighted by atomic mass is 9.93. The molecule has 0 bridgehead atoms. The topological polar surface area (TPSA) is 95.6 Å². The van der Waals surface area contributed by atoms with Crippen LogP contribution in [-0.4, -0.2) is 76.1 Å². The summed E-state index contributed by atoms with van der Waals surface area (Å²) in [5, 5.41) is 10.3. The molecule has 0 aromatic carbocycles. The molecule has 9 nitrogen and oxygen atoms in total. The molecule has 2 N–H and O–H groups in total. The van der Waals surface area contributed by atoms with E-state index in [9.17, 15) is 4.79 Å². The highest BCUT2D eigenvalue weighted by atomic mass is 16.6.